The average molecular weight is 374 g/mol. The van der Waals surface area contributed by atoms with Gasteiger partial charge in [0.2, 0.25) is 0 Å². The summed E-state index contributed by atoms with van der Waals surface area (Å²) in [6, 6.07) is 3.57. The summed E-state index contributed by atoms with van der Waals surface area (Å²) in [6.45, 7) is 5.39. The van der Waals surface area contributed by atoms with Crippen LogP contribution in [0, 0.1) is 13.8 Å². The molecule has 1 amide bonds. The van der Waals surface area contributed by atoms with E-state index in [1.807, 2.05) is 29.8 Å². The van der Waals surface area contributed by atoms with Gasteiger partial charge in [-0.3, -0.25) is 10.1 Å². The predicted octanol–water partition coefficient (Wildman–Crippen LogP) is 2.60. The van der Waals surface area contributed by atoms with E-state index in [-0.39, 0.29) is 19.1 Å². The van der Waals surface area contributed by atoms with Gasteiger partial charge in [-0.05, 0) is 32.9 Å². The highest BCUT2D eigenvalue weighted by Crippen LogP contribution is 2.23. The van der Waals surface area contributed by atoms with Crippen molar-refractivity contribution in [3.8, 4) is 5.75 Å². The highest BCUT2D eigenvalue weighted by Gasteiger charge is 2.18. The number of nitrogens with one attached hydrogen (secondary N) is 1. The summed E-state index contributed by atoms with van der Waals surface area (Å²) in [5.41, 5.74) is 2.02. The van der Waals surface area contributed by atoms with E-state index in [0.717, 1.165) is 17.0 Å². The highest BCUT2D eigenvalue weighted by molar-refractivity contribution is 7.17. The van der Waals surface area contributed by atoms with Crippen LogP contribution in [0.1, 0.15) is 28.0 Å². The Labute approximate surface area is 153 Å². The summed E-state index contributed by atoms with van der Waals surface area (Å²) in [6.07, 6.45) is 3.73. The Morgan fingerprint density at radius 2 is 2.12 bits per heavy atom. The van der Waals surface area contributed by atoms with Crippen LogP contribution < -0.4 is 10.1 Å². The Hall–Kier alpha value is -2.94. The Kier molecular flexibility index (Phi) is 5.17. The van der Waals surface area contributed by atoms with Crippen LogP contribution in [-0.4, -0.2) is 39.5 Å². The van der Waals surface area contributed by atoms with Crippen LogP contribution in [0.4, 0.5) is 5.13 Å². The molecule has 0 saturated carbocycles. The lowest BCUT2D eigenvalue weighted by Gasteiger charge is -2.06. The number of pyridine rings is 1. The minimum absolute atomic E-state index is 0.195. The monoisotopic (exact) mass is 374 g/mol. The van der Waals surface area contributed by atoms with E-state index in [1.165, 1.54) is 0 Å². The van der Waals surface area contributed by atoms with E-state index in [9.17, 15) is 9.59 Å². The predicted molar refractivity (Wildman–Crippen MR) is 96.9 cm³/mol. The lowest BCUT2D eigenvalue weighted by molar-refractivity contribution is -0.118. The Morgan fingerprint density at radius 3 is 2.88 bits per heavy atom. The zero-order valence-electron chi connectivity index (χ0n) is 14.6. The van der Waals surface area contributed by atoms with Gasteiger partial charge in [-0.2, -0.15) is 0 Å². The number of nitrogens with zero attached hydrogens (tertiary/aromatic N) is 3. The highest BCUT2D eigenvalue weighted by atomic mass is 32.1. The number of hydrogen-bond acceptors (Lipinski definition) is 7. The lowest BCUT2D eigenvalue weighted by atomic mass is 10.4. The summed E-state index contributed by atoms with van der Waals surface area (Å²) >= 11 is 1.07. The minimum Gasteiger partial charge on any atom is -0.480 e. The van der Waals surface area contributed by atoms with E-state index in [0.29, 0.717) is 27.1 Å². The molecule has 1 N–H and O–H groups in total. The third-order valence-corrected chi connectivity index (χ3v) is 4.48. The van der Waals surface area contributed by atoms with Crippen LogP contribution in [0.3, 0.4) is 0 Å². The first-order chi connectivity index (χ1) is 12.5. The average Bonchev–Trinajstić information content (AvgIpc) is 3.15. The summed E-state index contributed by atoms with van der Waals surface area (Å²) in [4.78, 5) is 32.9. The van der Waals surface area contributed by atoms with E-state index in [1.54, 1.807) is 19.9 Å². The molecule has 0 unspecified atom stereocenters. The zero-order chi connectivity index (χ0) is 18.7. The molecule has 9 heteroatoms. The van der Waals surface area contributed by atoms with Gasteiger partial charge < -0.3 is 13.9 Å². The second kappa shape index (κ2) is 7.52. The van der Waals surface area contributed by atoms with Gasteiger partial charge >= 0.3 is 5.97 Å². The molecule has 0 aromatic carbocycles. The first-order valence-corrected chi connectivity index (χ1v) is 8.81. The van der Waals surface area contributed by atoms with Crippen LogP contribution >= 0.6 is 11.3 Å². The molecule has 0 aliphatic carbocycles. The van der Waals surface area contributed by atoms with Crippen molar-refractivity contribution in [2.24, 2.45) is 0 Å². The molecule has 0 bridgehead atoms. The van der Waals surface area contributed by atoms with Gasteiger partial charge in [-0.15, -0.1) is 0 Å². The molecule has 0 aliphatic heterocycles. The maximum Gasteiger partial charge on any atom is 0.350 e. The molecule has 0 atom stereocenters. The fourth-order valence-corrected chi connectivity index (χ4v) is 3.23. The van der Waals surface area contributed by atoms with E-state index >= 15 is 0 Å². The number of thiazole rings is 1. The van der Waals surface area contributed by atoms with Crippen LogP contribution in [-0.2, 0) is 9.53 Å². The number of carbonyl (C=O) groups is 2. The summed E-state index contributed by atoms with van der Waals surface area (Å²) in [5, 5.41) is 2.96. The molecule has 26 heavy (non-hydrogen) atoms. The zero-order valence-corrected chi connectivity index (χ0v) is 15.4. The number of fused-ring (bicyclic) bond motifs is 1. The summed E-state index contributed by atoms with van der Waals surface area (Å²) < 4.78 is 12.4. The molecule has 0 radical (unpaired) electrons. The molecule has 0 spiro atoms. The van der Waals surface area contributed by atoms with Gasteiger partial charge in [0.15, 0.2) is 23.1 Å². The molecule has 3 rings (SSSR count). The number of esters is 1. The number of hydrogen-bond donors (Lipinski definition) is 1. The second-order valence-corrected chi connectivity index (χ2v) is 6.48. The molecule has 3 aromatic rings. The van der Waals surface area contributed by atoms with E-state index in [2.05, 4.69) is 15.3 Å². The third-order valence-electron chi connectivity index (χ3n) is 3.43. The fraction of sp³-hybridized carbons (Fsp3) is 0.294. The topological polar surface area (TPSA) is 94.8 Å². The van der Waals surface area contributed by atoms with E-state index < -0.39 is 5.97 Å². The van der Waals surface area contributed by atoms with Crippen molar-refractivity contribution in [2.45, 2.75) is 20.8 Å². The van der Waals surface area contributed by atoms with Gasteiger partial charge in [0.05, 0.1) is 18.0 Å². The van der Waals surface area contributed by atoms with Crippen molar-refractivity contribution in [3.63, 3.8) is 0 Å². The maximum atomic E-state index is 12.1. The largest absolute Gasteiger partial charge is 0.480 e. The smallest absolute Gasteiger partial charge is 0.350 e. The first-order valence-electron chi connectivity index (χ1n) is 7.99. The van der Waals surface area contributed by atoms with Crippen molar-refractivity contribution < 1.29 is 19.1 Å². The van der Waals surface area contributed by atoms with Crippen LogP contribution in [0.25, 0.3) is 5.65 Å². The number of imidazole rings is 1. The second-order valence-electron chi connectivity index (χ2n) is 5.48. The molecule has 136 valence electrons. The lowest BCUT2D eigenvalue weighted by Crippen LogP contribution is -2.20. The quantitative estimate of drug-likeness (QED) is 0.667. The van der Waals surface area contributed by atoms with Gasteiger partial charge in [0.1, 0.15) is 4.88 Å². The third kappa shape index (κ3) is 3.83. The van der Waals surface area contributed by atoms with Crippen molar-refractivity contribution in [1.82, 2.24) is 14.4 Å². The molecule has 8 nitrogen and oxygen atoms in total. The molecule has 0 aliphatic rings. The number of amides is 1. The Morgan fingerprint density at radius 1 is 1.31 bits per heavy atom. The molecule has 3 aromatic heterocycles. The Bertz CT molecular complexity index is 963. The van der Waals surface area contributed by atoms with Crippen molar-refractivity contribution >= 4 is 34.0 Å². The maximum absolute atomic E-state index is 12.1. The molecule has 0 saturated heterocycles. The molecule has 3 heterocycles. The van der Waals surface area contributed by atoms with Crippen LogP contribution in [0.2, 0.25) is 0 Å². The number of rotatable bonds is 6. The molecular weight excluding hydrogens is 356 g/mol. The van der Waals surface area contributed by atoms with Crippen molar-refractivity contribution in [2.75, 3.05) is 18.5 Å². The number of anilines is 1. The number of aryl methyl sites for hydroxylation is 2. The molecular formula is C17H18N4O4S. The van der Waals surface area contributed by atoms with E-state index in [4.69, 9.17) is 9.47 Å². The van der Waals surface area contributed by atoms with Gasteiger partial charge in [0, 0.05) is 12.4 Å². The minimum atomic E-state index is -0.444. The number of aromatic nitrogens is 3. The SMILES string of the molecule is CCOC(=O)c1sc(NC(=O)COc2cccn3cc(C)nc23)nc1C. The van der Waals surface area contributed by atoms with Gasteiger partial charge in [-0.25, -0.2) is 14.8 Å². The fourth-order valence-electron chi connectivity index (χ4n) is 2.36. The summed E-state index contributed by atoms with van der Waals surface area (Å²) in [5.74, 6) is -0.307. The van der Waals surface area contributed by atoms with Crippen LogP contribution in [0.15, 0.2) is 24.5 Å². The van der Waals surface area contributed by atoms with Crippen molar-refractivity contribution in [1.29, 1.82) is 0 Å². The Balaban J connectivity index is 1.64. The van der Waals surface area contributed by atoms with Gasteiger partial charge in [0.25, 0.3) is 5.91 Å². The van der Waals surface area contributed by atoms with Crippen molar-refractivity contribution in [3.05, 3.63) is 40.8 Å². The van der Waals surface area contributed by atoms with Crippen LogP contribution in [0.5, 0.6) is 5.75 Å². The standard InChI is InChI=1S/C17H18N4O4S/c1-4-24-16(23)14-11(3)19-17(26-14)20-13(22)9-25-12-6-5-7-21-8-10(2)18-15(12)21/h5-8H,4,9H2,1-3H3,(H,19,20,22). The molecule has 0 fully saturated rings. The number of ether oxygens (including phenoxy) is 2. The van der Waals surface area contributed by atoms with Gasteiger partial charge in [-0.1, -0.05) is 11.3 Å². The summed E-state index contributed by atoms with van der Waals surface area (Å²) in [7, 11) is 0. The number of carbonyl (C=O) groups excluding carboxylic acids is 2. The normalized spacial score (nSPS) is 10.7. The first kappa shape index (κ1) is 17.9.